The van der Waals surface area contributed by atoms with Crippen LogP contribution in [0.25, 0.3) is 0 Å². The van der Waals surface area contributed by atoms with E-state index in [1.54, 1.807) is 7.11 Å². The van der Waals surface area contributed by atoms with Gasteiger partial charge in [0.15, 0.2) is 0 Å². The predicted octanol–water partition coefficient (Wildman–Crippen LogP) is 2.70. The van der Waals surface area contributed by atoms with Gasteiger partial charge in [0.05, 0.1) is 5.76 Å². The Morgan fingerprint density at radius 1 is 1.45 bits per heavy atom. The maximum Gasteiger partial charge on any atom is 0.204 e. The van der Waals surface area contributed by atoms with Crippen LogP contribution >= 0.6 is 0 Å². The zero-order valence-corrected chi connectivity index (χ0v) is 8.10. The van der Waals surface area contributed by atoms with Gasteiger partial charge in [-0.1, -0.05) is 6.92 Å². The zero-order chi connectivity index (χ0) is 8.91. The normalized spacial score (nSPS) is 13.4. The lowest BCUT2D eigenvalue weighted by Gasteiger charge is -2.24. The van der Waals surface area contributed by atoms with Crippen LogP contribution in [0.15, 0.2) is 11.8 Å². The fraction of sp³-hybridized carbons (Fsp3) is 0.778. The summed E-state index contributed by atoms with van der Waals surface area (Å²) in [6.45, 7) is 7.79. The van der Waals surface area contributed by atoms with E-state index >= 15 is 0 Å². The Bertz CT molecular complexity index is 136. The van der Waals surface area contributed by atoms with E-state index in [4.69, 9.17) is 9.47 Å². The lowest BCUT2D eigenvalue weighted by molar-refractivity contribution is -0.171. The molecule has 0 aromatic heterocycles. The van der Waals surface area contributed by atoms with Crippen LogP contribution in [0, 0.1) is 0 Å². The second-order valence-corrected chi connectivity index (χ2v) is 2.93. The summed E-state index contributed by atoms with van der Waals surface area (Å²) in [4.78, 5) is 0. The first kappa shape index (κ1) is 10.5. The molecule has 0 aliphatic carbocycles. The molecule has 0 saturated carbocycles. The molecule has 0 spiro atoms. The molecule has 66 valence electrons. The number of ether oxygens (including phenoxy) is 2. The van der Waals surface area contributed by atoms with Gasteiger partial charge in [-0.2, -0.15) is 0 Å². The van der Waals surface area contributed by atoms with Crippen molar-refractivity contribution in [1.82, 2.24) is 0 Å². The summed E-state index contributed by atoms with van der Waals surface area (Å²) < 4.78 is 10.6. The molecule has 0 bridgehead atoms. The topological polar surface area (TPSA) is 18.5 Å². The molecule has 11 heavy (non-hydrogen) atoms. The third-order valence-electron chi connectivity index (χ3n) is 1.39. The monoisotopic (exact) mass is 158 g/mol. The molecule has 2 heteroatoms. The first-order valence-corrected chi connectivity index (χ1v) is 3.92. The zero-order valence-electron chi connectivity index (χ0n) is 8.10. The highest BCUT2D eigenvalue weighted by Crippen LogP contribution is 2.14. The molecule has 0 aromatic carbocycles. The Morgan fingerprint density at radius 2 is 2.00 bits per heavy atom. The summed E-state index contributed by atoms with van der Waals surface area (Å²) in [7, 11) is 1.64. The highest BCUT2D eigenvalue weighted by Gasteiger charge is 2.16. The Hall–Kier alpha value is -0.500. The Morgan fingerprint density at radius 3 is 2.36 bits per heavy atom. The third-order valence-corrected chi connectivity index (χ3v) is 1.39. The molecule has 0 saturated heterocycles. The van der Waals surface area contributed by atoms with Crippen molar-refractivity contribution in [3.05, 3.63) is 11.8 Å². The van der Waals surface area contributed by atoms with Crippen molar-refractivity contribution in [1.29, 1.82) is 0 Å². The van der Waals surface area contributed by atoms with Crippen LogP contribution in [0.4, 0.5) is 0 Å². The molecule has 0 radical (unpaired) electrons. The molecule has 0 heterocycles. The third kappa shape index (κ3) is 4.85. The molecule has 2 nitrogen and oxygen atoms in total. The number of hydrogen-bond acceptors (Lipinski definition) is 2. The summed E-state index contributed by atoms with van der Waals surface area (Å²) in [6, 6.07) is 0. The molecule has 0 rings (SSSR count). The van der Waals surface area contributed by atoms with Gasteiger partial charge in [-0.3, -0.25) is 0 Å². The van der Waals surface area contributed by atoms with E-state index in [0.29, 0.717) is 0 Å². The van der Waals surface area contributed by atoms with Crippen molar-refractivity contribution < 1.29 is 9.47 Å². The van der Waals surface area contributed by atoms with Gasteiger partial charge in [-0.05, 0) is 19.4 Å². The summed E-state index contributed by atoms with van der Waals surface area (Å²) in [5.74, 6) is 0.412. The van der Waals surface area contributed by atoms with Gasteiger partial charge < -0.3 is 9.47 Å². The molecular weight excluding hydrogens is 140 g/mol. The maximum atomic E-state index is 5.47. The average molecular weight is 158 g/mol. The molecule has 0 amide bonds. The number of allylic oxidation sites excluding steroid dienone is 2. The van der Waals surface area contributed by atoms with Gasteiger partial charge in [-0.15, -0.1) is 0 Å². The van der Waals surface area contributed by atoms with Gasteiger partial charge in [-0.25, -0.2) is 0 Å². The lowest BCUT2D eigenvalue weighted by Crippen LogP contribution is -2.25. The van der Waals surface area contributed by atoms with Crippen molar-refractivity contribution in [2.45, 2.75) is 39.9 Å². The lowest BCUT2D eigenvalue weighted by atomic mass is 10.3. The highest BCUT2D eigenvalue weighted by molar-refractivity contribution is 4.88. The quantitative estimate of drug-likeness (QED) is 0.462. The van der Waals surface area contributed by atoms with E-state index in [1.165, 1.54) is 0 Å². The largest absolute Gasteiger partial charge is 0.468 e. The maximum absolute atomic E-state index is 5.47. The summed E-state index contributed by atoms with van der Waals surface area (Å²) >= 11 is 0. The Kier molecular flexibility index (Phi) is 4.19. The van der Waals surface area contributed by atoms with Gasteiger partial charge in [0.25, 0.3) is 0 Å². The van der Waals surface area contributed by atoms with Gasteiger partial charge in [0.1, 0.15) is 0 Å². The number of methoxy groups -OCH3 is 1. The van der Waals surface area contributed by atoms with Crippen LogP contribution in [0.5, 0.6) is 0 Å². The molecule has 0 N–H and O–H groups in total. The second-order valence-electron chi connectivity index (χ2n) is 2.93. The molecule has 0 aromatic rings. The van der Waals surface area contributed by atoms with Crippen LogP contribution < -0.4 is 0 Å². The van der Waals surface area contributed by atoms with Crippen LogP contribution in [0.2, 0.25) is 0 Å². The predicted molar refractivity (Wildman–Crippen MR) is 46.2 cm³/mol. The Balaban J connectivity index is 3.92. The fourth-order valence-electron chi connectivity index (χ4n) is 0.758. The van der Waals surface area contributed by atoms with Gasteiger partial charge in [0.2, 0.25) is 5.79 Å². The fourth-order valence-corrected chi connectivity index (χ4v) is 0.758. The van der Waals surface area contributed by atoms with E-state index in [1.807, 2.05) is 26.8 Å². The van der Waals surface area contributed by atoms with Crippen molar-refractivity contribution in [3.63, 3.8) is 0 Å². The van der Waals surface area contributed by atoms with Crippen molar-refractivity contribution in [2.24, 2.45) is 0 Å². The molecule has 0 unspecified atom stereocenters. The van der Waals surface area contributed by atoms with E-state index in [2.05, 4.69) is 6.92 Å². The summed E-state index contributed by atoms with van der Waals surface area (Å²) in [5, 5.41) is 0. The first-order valence-electron chi connectivity index (χ1n) is 3.92. The SMILES string of the molecule is CCC=C(C)OC(C)(C)OC. The van der Waals surface area contributed by atoms with Gasteiger partial charge in [0, 0.05) is 21.0 Å². The van der Waals surface area contributed by atoms with E-state index in [-0.39, 0.29) is 0 Å². The highest BCUT2D eigenvalue weighted by atomic mass is 16.7. The van der Waals surface area contributed by atoms with Crippen LogP contribution in [0.1, 0.15) is 34.1 Å². The minimum atomic E-state index is -0.504. The number of hydrogen-bond donors (Lipinski definition) is 0. The molecule has 0 aliphatic heterocycles. The number of rotatable bonds is 4. The molecule has 0 atom stereocenters. The standard InChI is InChI=1S/C9H18O2/c1-6-7-8(2)11-9(3,4)10-5/h7H,6H2,1-5H3. The van der Waals surface area contributed by atoms with Gasteiger partial charge >= 0.3 is 0 Å². The molecular formula is C9H18O2. The minimum absolute atomic E-state index is 0.504. The summed E-state index contributed by atoms with van der Waals surface area (Å²) in [5.41, 5.74) is 0. The van der Waals surface area contributed by atoms with Crippen LogP contribution in [-0.4, -0.2) is 12.9 Å². The average Bonchev–Trinajstić information content (AvgIpc) is 1.87. The van der Waals surface area contributed by atoms with E-state index < -0.39 is 5.79 Å². The van der Waals surface area contributed by atoms with Crippen molar-refractivity contribution >= 4 is 0 Å². The van der Waals surface area contributed by atoms with E-state index in [9.17, 15) is 0 Å². The van der Waals surface area contributed by atoms with Crippen molar-refractivity contribution in [2.75, 3.05) is 7.11 Å². The second kappa shape index (κ2) is 4.39. The minimum Gasteiger partial charge on any atom is -0.468 e. The first-order chi connectivity index (χ1) is 5.02. The van der Waals surface area contributed by atoms with Crippen LogP contribution in [0.3, 0.4) is 0 Å². The van der Waals surface area contributed by atoms with Crippen molar-refractivity contribution in [3.8, 4) is 0 Å². The smallest absolute Gasteiger partial charge is 0.204 e. The van der Waals surface area contributed by atoms with E-state index in [0.717, 1.165) is 12.2 Å². The van der Waals surface area contributed by atoms with Crippen LogP contribution in [-0.2, 0) is 9.47 Å². The molecule has 0 fully saturated rings. The Labute approximate surface area is 69.2 Å². The summed E-state index contributed by atoms with van der Waals surface area (Å²) in [6.07, 6.45) is 3.02. The molecule has 0 aliphatic rings.